The Morgan fingerprint density at radius 2 is 2.13 bits per heavy atom. The van der Waals surface area contributed by atoms with Gasteiger partial charge in [0.2, 0.25) is 0 Å². The van der Waals surface area contributed by atoms with Crippen molar-refractivity contribution in [2.24, 2.45) is 0 Å². The summed E-state index contributed by atoms with van der Waals surface area (Å²) in [6, 6.07) is 0. The Hall–Kier alpha value is -1.18. The molecule has 0 spiro atoms. The molecule has 8 heteroatoms. The summed E-state index contributed by atoms with van der Waals surface area (Å²) in [5.41, 5.74) is 0. The molecule has 15 heavy (non-hydrogen) atoms. The van der Waals surface area contributed by atoms with E-state index in [0.717, 1.165) is 0 Å². The molecular weight excluding hydrogens is 279 g/mol. The topological polar surface area (TPSA) is 78.9 Å². The molecule has 1 aliphatic rings. The third-order valence-corrected chi connectivity index (χ3v) is 2.35. The van der Waals surface area contributed by atoms with Crippen LogP contribution < -0.4 is 0 Å². The van der Waals surface area contributed by atoms with E-state index in [2.05, 4.69) is 30.1 Å². The van der Waals surface area contributed by atoms with E-state index in [1.165, 1.54) is 0 Å². The second kappa shape index (κ2) is 5.06. The van der Waals surface area contributed by atoms with Gasteiger partial charge < -0.3 is 14.2 Å². The van der Waals surface area contributed by atoms with Gasteiger partial charge in [0.1, 0.15) is 6.61 Å². The predicted molar refractivity (Wildman–Crippen MR) is 46.4 cm³/mol. The Kier molecular flexibility index (Phi) is 4.01. The van der Waals surface area contributed by atoms with Gasteiger partial charge in [-0.05, 0) is 0 Å². The summed E-state index contributed by atoms with van der Waals surface area (Å²) < 4.78 is 25.7. The Bertz CT molecular complexity index is 283. The van der Waals surface area contributed by atoms with E-state index < -0.39 is 29.4 Å². The molecule has 1 rings (SSSR count). The van der Waals surface area contributed by atoms with Gasteiger partial charge in [-0.3, -0.25) is 4.79 Å². The van der Waals surface area contributed by atoms with Crippen molar-refractivity contribution >= 4 is 34.5 Å². The zero-order valence-corrected chi connectivity index (χ0v) is 8.81. The van der Waals surface area contributed by atoms with E-state index >= 15 is 0 Å². The highest BCUT2D eigenvalue weighted by molar-refractivity contribution is 9.09. The largest absolute Gasteiger partial charge is 0.519 e. The van der Waals surface area contributed by atoms with Crippen molar-refractivity contribution in [1.29, 1.82) is 0 Å². The lowest BCUT2D eigenvalue weighted by atomic mass is 10.2. The molecule has 84 valence electrons. The number of rotatable bonds is 2. The van der Waals surface area contributed by atoms with E-state index in [0.29, 0.717) is 0 Å². The molecule has 1 fully saturated rings. The summed E-state index contributed by atoms with van der Waals surface area (Å²) in [4.78, 5) is 30.8. The van der Waals surface area contributed by atoms with Gasteiger partial charge in [-0.1, -0.05) is 15.9 Å². The number of aldehydes is 1. The van der Waals surface area contributed by atoms with Gasteiger partial charge in [0, 0.05) is 0 Å². The Morgan fingerprint density at radius 1 is 1.47 bits per heavy atom. The van der Waals surface area contributed by atoms with Gasteiger partial charge in [0.15, 0.2) is 18.6 Å². The van der Waals surface area contributed by atoms with Crippen LogP contribution in [0.25, 0.3) is 0 Å². The fraction of sp³-hybridized carbons (Fsp3) is 0.571. The molecule has 0 saturated carbocycles. The van der Waals surface area contributed by atoms with Gasteiger partial charge in [-0.2, -0.15) is 0 Å². The number of hydrogen-bond acceptors (Lipinski definition) is 6. The van der Waals surface area contributed by atoms with Crippen molar-refractivity contribution in [3.05, 3.63) is 0 Å². The molecule has 0 radical (unpaired) electrons. The monoisotopic (exact) mass is 284 g/mol. The van der Waals surface area contributed by atoms with Crippen molar-refractivity contribution < 1.29 is 33.0 Å². The number of hydrogen-bond donors (Lipinski definition) is 0. The minimum absolute atomic E-state index is 0.0182. The highest BCUT2D eigenvalue weighted by Crippen LogP contribution is 2.18. The fourth-order valence-corrected chi connectivity index (χ4v) is 1.42. The maximum Gasteiger partial charge on any atom is 0.519 e. The van der Waals surface area contributed by atoms with Gasteiger partial charge in [-0.25, -0.2) is 14.0 Å². The normalized spacial score (nSPS) is 28.9. The molecule has 0 aromatic carbocycles. The third-order valence-electron chi connectivity index (χ3n) is 1.56. The summed E-state index contributed by atoms with van der Waals surface area (Å²) in [7, 11) is 0. The van der Waals surface area contributed by atoms with Crippen LogP contribution in [-0.4, -0.2) is 42.3 Å². The van der Waals surface area contributed by atoms with E-state index in [1.54, 1.807) is 0 Å². The molecule has 6 nitrogen and oxygen atoms in total. The summed E-state index contributed by atoms with van der Waals surface area (Å²) >= 11 is 2.93. The average Bonchev–Trinajstić information content (AvgIpc) is 2.19. The van der Waals surface area contributed by atoms with Crippen LogP contribution >= 0.6 is 15.9 Å². The molecule has 0 amide bonds. The number of cyclic esters (lactones) is 4. The number of alkyl halides is 2. The number of ether oxygens (including phenoxy) is 3. The van der Waals surface area contributed by atoms with Crippen LogP contribution in [0.5, 0.6) is 0 Å². The molecule has 1 aliphatic heterocycles. The lowest BCUT2D eigenvalue weighted by Crippen LogP contribution is -2.42. The highest BCUT2D eigenvalue weighted by Gasteiger charge is 2.36. The molecule has 1 heterocycles. The van der Waals surface area contributed by atoms with E-state index in [1.807, 2.05) is 0 Å². The van der Waals surface area contributed by atoms with Crippen LogP contribution in [0.3, 0.4) is 0 Å². The van der Waals surface area contributed by atoms with Crippen LogP contribution in [0.1, 0.15) is 0 Å². The zero-order valence-electron chi connectivity index (χ0n) is 7.22. The number of carbonyl (C=O) groups excluding carboxylic acids is 3. The summed E-state index contributed by atoms with van der Waals surface area (Å²) in [6.45, 7) is -0.273. The van der Waals surface area contributed by atoms with Gasteiger partial charge >= 0.3 is 12.3 Å². The second-order valence-corrected chi connectivity index (χ2v) is 3.77. The highest BCUT2D eigenvalue weighted by atomic mass is 79.9. The molecule has 1 saturated heterocycles. The smallest absolute Gasteiger partial charge is 0.433 e. The molecule has 0 bridgehead atoms. The minimum Gasteiger partial charge on any atom is -0.433 e. The van der Waals surface area contributed by atoms with Crippen LogP contribution in [0.2, 0.25) is 0 Å². The molecule has 3 atom stereocenters. The SMILES string of the molecule is O=C[C@@H](F)[C@@H]1OC(=O)OC(=O)OC[C@H]1Br. The van der Waals surface area contributed by atoms with Crippen LogP contribution in [-0.2, 0) is 19.0 Å². The maximum atomic E-state index is 13.0. The van der Waals surface area contributed by atoms with E-state index in [9.17, 15) is 18.8 Å². The first kappa shape index (κ1) is 11.9. The quantitative estimate of drug-likeness (QED) is 0.325. The first-order valence-corrected chi connectivity index (χ1v) is 4.75. The Morgan fingerprint density at radius 3 is 2.73 bits per heavy atom. The van der Waals surface area contributed by atoms with Crippen molar-refractivity contribution in [2.75, 3.05) is 6.61 Å². The number of carbonyl (C=O) groups is 3. The summed E-state index contributed by atoms with van der Waals surface area (Å²) in [5.74, 6) is 0. The summed E-state index contributed by atoms with van der Waals surface area (Å²) in [5, 5.41) is 0. The second-order valence-electron chi connectivity index (χ2n) is 2.59. The molecule has 0 unspecified atom stereocenters. The lowest BCUT2D eigenvalue weighted by Gasteiger charge is -2.24. The third kappa shape index (κ3) is 3.15. The van der Waals surface area contributed by atoms with Crippen LogP contribution in [0, 0.1) is 0 Å². The first-order valence-electron chi connectivity index (χ1n) is 3.83. The zero-order chi connectivity index (χ0) is 11.4. The molecule has 0 N–H and O–H groups in total. The van der Waals surface area contributed by atoms with Gasteiger partial charge in [0.05, 0.1) is 4.83 Å². The predicted octanol–water partition coefficient (Wildman–Crippen LogP) is 0.959. The van der Waals surface area contributed by atoms with Crippen LogP contribution in [0.4, 0.5) is 14.0 Å². The van der Waals surface area contributed by atoms with Crippen molar-refractivity contribution in [3.63, 3.8) is 0 Å². The van der Waals surface area contributed by atoms with Gasteiger partial charge in [0.25, 0.3) is 0 Å². The standard InChI is InChI=1S/C7H6BrFO6/c8-3-2-13-6(11)15-7(12)14-5(3)4(9)1-10/h1,3-5H,2H2/t3-,4-,5-/m1/s1. The maximum absolute atomic E-state index is 13.0. The average molecular weight is 285 g/mol. The van der Waals surface area contributed by atoms with E-state index in [4.69, 9.17) is 0 Å². The Balaban J connectivity index is 2.73. The molecule has 0 aromatic rings. The molecule has 0 aromatic heterocycles. The minimum atomic E-state index is -2.02. The van der Waals surface area contributed by atoms with Crippen molar-refractivity contribution in [3.8, 4) is 0 Å². The Labute approximate surface area is 91.8 Å². The van der Waals surface area contributed by atoms with Crippen molar-refractivity contribution in [2.45, 2.75) is 17.1 Å². The molecule has 0 aliphatic carbocycles. The van der Waals surface area contributed by atoms with Crippen LogP contribution in [0.15, 0.2) is 0 Å². The lowest BCUT2D eigenvalue weighted by molar-refractivity contribution is -0.117. The summed E-state index contributed by atoms with van der Waals surface area (Å²) in [6.07, 6.45) is -6.06. The van der Waals surface area contributed by atoms with E-state index in [-0.39, 0.29) is 12.9 Å². The molecular formula is C7H6BrFO6. The fourth-order valence-electron chi connectivity index (χ4n) is 0.891. The number of halogens is 2. The first-order chi connectivity index (χ1) is 7.04. The van der Waals surface area contributed by atoms with Gasteiger partial charge in [-0.15, -0.1) is 0 Å². The van der Waals surface area contributed by atoms with Crippen molar-refractivity contribution in [1.82, 2.24) is 0 Å².